The van der Waals surface area contributed by atoms with Crippen molar-refractivity contribution < 1.29 is 24.2 Å². The Hall–Kier alpha value is -2.44. The van der Waals surface area contributed by atoms with Crippen LogP contribution >= 0.6 is 0 Å². The summed E-state index contributed by atoms with van der Waals surface area (Å²) in [6, 6.07) is 2.09. The predicted molar refractivity (Wildman–Crippen MR) is 71.9 cm³/mol. The minimum Gasteiger partial charge on any atom is -0.478 e. The first-order chi connectivity index (χ1) is 10.1. The predicted octanol–water partition coefficient (Wildman–Crippen LogP) is 0.947. The molecule has 1 aliphatic rings. The number of aromatic carboxylic acids is 1. The van der Waals surface area contributed by atoms with Gasteiger partial charge in [-0.2, -0.15) is 0 Å². The third-order valence-corrected chi connectivity index (χ3v) is 3.48. The summed E-state index contributed by atoms with van der Waals surface area (Å²) in [5.74, 6) is -2.27. The van der Waals surface area contributed by atoms with E-state index in [4.69, 9.17) is 9.84 Å². The molecule has 0 aliphatic carbocycles. The van der Waals surface area contributed by atoms with Crippen LogP contribution in [-0.2, 0) is 9.53 Å². The number of carboxylic acid groups (broad SMARTS) is 1. The number of nitrogens with zero attached hydrogens (tertiary/aromatic N) is 2. The van der Waals surface area contributed by atoms with Crippen LogP contribution in [0.1, 0.15) is 40.1 Å². The molecule has 1 aliphatic heterocycles. The van der Waals surface area contributed by atoms with Gasteiger partial charge in [0, 0.05) is 12.7 Å². The normalized spacial score (nSPS) is 18.1. The Balaban J connectivity index is 2.33. The maximum atomic E-state index is 12.5. The second-order valence-electron chi connectivity index (χ2n) is 4.74. The lowest BCUT2D eigenvalue weighted by atomic mass is 10.0. The molecule has 112 valence electrons. The van der Waals surface area contributed by atoms with Crippen LogP contribution < -0.4 is 0 Å². The largest absolute Gasteiger partial charge is 0.478 e. The summed E-state index contributed by atoms with van der Waals surface area (Å²) in [7, 11) is 1.27. The molecule has 1 aromatic rings. The molecule has 0 spiro atoms. The summed E-state index contributed by atoms with van der Waals surface area (Å²) in [5.41, 5.74) is -0.322. The number of carboxylic acids is 1. The first-order valence-corrected chi connectivity index (χ1v) is 6.63. The molecule has 0 aromatic carbocycles. The Morgan fingerprint density at radius 2 is 2.14 bits per heavy atom. The zero-order chi connectivity index (χ0) is 15.4. The van der Waals surface area contributed by atoms with E-state index < -0.39 is 23.9 Å². The first-order valence-electron chi connectivity index (χ1n) is 6.63. The van der Waals surface area contributed by atoms with Gasteiger partial charge in [0.1, 0.15) is 11.7 Å². The van der Waals surface area contributed by atoms with Gasteiger partial charge in [0.25, 0.3) is 5.91 Å². The van der Waals surface area contributed by atoms with E-state index in [2.05, 4.69) is 4.98 Å². The van der Waals surface area contributed by atoms with Gasteiger partial charge in [-0.25, -0.2) is 9.59 Å². The fraction of sp³-hybridized carbons (Fsp3) is 0.429. The quantitative estimate of drug-likeness (QED) is 0.833. The van der Waals surface area contributed by atoms with E-state index in [1.54, 1.807) is 0 Å². The van der Waals surface area contributed by atoms with E-state index in [-0.39, 0.29) is 11.3 Å². The van der Waals surface area contributed by atoms with Crippen molar-refractivity contribution in [3.8, 4) is 0 Å². The second kappa shape index (κ2) is 6.34. The van der Waals surface area contributed by atoms with Gasteiger partial charge >= 0.3 is 11.9 Å². The van der Waals surface area contributed by atoms with Crippen LogP contribution in [0.25, 0.3) is 0 Å². The van der Waals surface area contributed by atoms with Crippen molar-refractivity contribution in [2.24, 2.45) is 0 Å². The number of hydrogen-bond donors (Lipinski definition) is 1. The van der Waals surface area contributed by atoms with E-state index in [1.807, 2.05) is 0 Å². The van der Waals surface area contributed by atoms with Gasteiger partial charge in [0.15, 0.2) is 0 Å². The number of piperidine rings is 1. The van der Waals surface area contributed by atoms with Gasteiger partial charge in [-0.3, -0.25) is 9.78 Å². The van der Waals surface area contributed by atoms with Crippen LogP contribution in [0, 0.1) is 0 Å². The Morgan fingerprint density at radius 3 is 2.81 bits per heavy atom. The van der Waals surface area contributed by atoms with Gasteiger partial charge in [-0.15, -0.1) is 0 Å². The summed E-state index contributed by atoms with van der Waals surface area (Å²) >= 11 is 0. The van der Waals surface area contributed by atoms with Gasteiger partial charge in [-0.1, -0.05) is 0 Å². The minimum atomic E-state index is -1.22. The number of likely N-dealkylation sites (tertiary alicyclic amines) is 1. The first kappa shape index (κ1) is 15.0. The SMILES string of the molecule is COC(=O)C1CCCCN1C(=O)c1ncccc1C(=O)O. The highest BCUT2D eigenvalue weighted by molar-refractivity contribution is 6.04. The van der Waals surface area contributed by atoms with Gasteiger partial charge in [0.05, 0.1) is 12.7 Å². The van der Waals surface area contributed by atoms with E-state index >= 15 is 0 Å². The topological polar surface area (TPSA) is 96.8 Å². The maximum absolute atomic E-state index is 12.5. The molecule has 0 radical (unpaired) electrons. The van der Waals surface area contributed by atoms with Crippen LogP contribution in [0.5, 0.6) is 0 Å². The highest BCUT2D eigenvalue weighted by Crippen LogP contribution is 2.21. The molecular weight excluding hydrogens is 276 g/mol. The van der Waals surface area contributed by atoms with Crippen LogP contribution in [0.15, 0.2) is 18.3 Å². The Morgan fingerprint density at radius 1 is 1.38 bits per heavy atom. The molecule has 0 saturated carbocycles. The molecule has 2 heterocycles. The second-order valence-corrected chi connectivity index (χ2v) is 4.74. The number of ether oxygens (including phenoxy) is 1. The zero-order valence-electron chi connectivity index (χ0n) is 11.6. The third-order valence-electron chi connectivity index (χ3n) is 3.48. The van der Waals surface area contributed by atoms with Crippen molar-refractivity contribution in [1.82, 2.24) is 9.88 Å². The number of carbonyl (C=O) groups excluding carboxylic acids is 2. The average molecular weight is 292 g/mol. The van der Waals surface area contributed by atoms with E-state index in [0.29, 0.717) is 13.0 Å². The molecule has 1 fully saturated rings. The van der Waals surface area contributed by atoms with Crippen LogP contribution in [-0.4, -0.2) is 52.5 Å². The molecule has 1 amide bonds. The number of hydrogen-bond acceptors (Lipinski definition) is 5. The molecule has 1 aromatic heterocycles. The fourth-order valence-corrected chi connectivity index (χ4v) is 2.44. The monoisotopic (exact) mass is 292 g/mol. The summed E-state index contributed by atoms with van der Waals surface area (Å²) in [4.78, 5) is 40.7. The van der Waals surface area contributed by atoms with Gasteiger partial charge < -0.3 is 14.7 Å². The van der Waals surface area contributed by atoms with Crippen LogP contribution in [0.4, 0.5) is 0 Å². The summed E-state index contributed by atoms with van der Waals surface area (Å²) in [5, 5.41) is 9.13. The van der Waals surface area contributed by atoms with Gasteiger partial charge in [0.2, 0.25) is 0 Å². The minimum absolute atomic E-state index is 0.152. The third kappa shape index (κ3) is 3.01. The highest BCUT2D eigenvalue weighted by Gasteiger charge is 2.35. The smallest absolute Gasteiger partial charge is 0.338 e. The molecular formula is C14H16N2O5. The number of carbonyl (C=O) groups is 3. The van der Waals surface area contributed by atoms with Crippen LogP contribution in [0.2, 0.25) is 0 Å². The Bertz CT molecular complexity index is 572. The van der Waals surface area contributed by atoms with Crippen LogP contribution in [0.3, 0.4) is 0 Å². The zero-order valence-corrected chi connectivity index (χ0v) is 11.6. The van der Waals surface area contributed by atoms with Crippen molar-refractivity contribution >= 4 is 17.8 Å². The lowest BCUT2D eigenvalue weighted by molar-refractivity contribution is -0.147. The molecule has 7 heteroatoms. The highest BCUT2D eigenvalue weighted by atomic mass is 16.5. The molecule has 0 bridgehead atoms. The Labute approximate surface area is 121 Å². The molecule has 21 heavy (non-hydrogen) atoms. The number of esters is 1. The summed E-state index contributed by atoms with van der Waals surface area (Å²) in [6.07, 6.45) is 3.44. The maximum Gasteiger partial charge on any atom is 0.338 e. The number of aromatic nitrogens is 1. The van der Waals surface area contributed by atoms with E-state index in [1.165, 1.54) is 30.3 Å². The lowest BCUT2D eigenvalue weighted by Gasteiger charge is -2.33. The standard InChI is InChI=1S/C14H16N2O5/c1-21-14(20)10-6-2-3-8-16(10)12(17)11-9(13(18)19)5-4-7-15-11/h4-5,7,10H,2-3,6,8H2,1H3,(H,18,19). The van der Waals surface area contributed by atoms with Crippen molar-refractivity contribution in [3.05, 3.63) is 29.6 Å². The molecule has 1 N–H and O–H groups in total. The van der Waals surface area contributed by atoms with Crippen molar-refractivity contribution in [3.63, 3.8) is 0 Å². The number of methoxy groups -OCH3 is 1. The van der Waals surface area contributed by atoms with E-state index in [0.717, 1.165) is 12.8 Å². The fourth-order valence-electron chi connectivity index (χ4n) is 2.44. The lowest BCUT2D eigenvalue weighted by Crippen LogP contribution is -2.49. The number of rotatable bonds is 3. The van der Waals surface area contributed by atoms with Crippen molar-refractivity contribution in [1.29, 1.82) is 0 Å². The number of amides is 1. The van der Waals surface area contributed by atoms with Gasteiger partial charge in [-0.05, 0) is 31.4 Å². The molecule has 1 atom stereocenters. The van der Waals surface area contributed by atoms with Crippen molar-refractivity contribution in [2.75, 3.05) is 13.7 Å². The molecule has 1 unspecified atom stereocenters. The average Bonchev–Trinajstić information content (AvgIpc) is 2.53. The molecule has 2 rings (SSSR count). The Kier molecular flexibility index (Phi) is 4.52. The van der Waals surface area contributed by atoms with E-state index in [9.17, 15) is 14.4 Å². The number of pyridine rings is 1. The summed E-state index contributed by atoms with van der Waals surface area (Å²) < 4.78 is 4.71. The molecule has 7 nitrogen and oxygen atoms in total. The molecule has 1 saturated heterocycles. The van der Waals surface area contributed by atoms with Crippen molar-refractivity contribution in [2.45, 2.75) is 25.3 Å². The summed E-state index contributed by atoms with van der Waals surface area (Å²) in [6.45, 7) is 0.383.